The normalized spacial score (nSPS) is 11.1. The first-order chi connectivity index (χ1) is 8.36. The maximum absolute atomic E-state index is 11.9. The molecule has 0 radical (unpaired) electrons. The van der Waals surface area contributed by atoms with Crippen molar-refractivity contribution < 1.29 is 9.59 Å². The maximum atomic E-state index is 11.9. The zero-order chi connectivity index (χ0) is 13.8. The van der Waals surface area contributed by atoms with E-state index < -0.39 is 11.3 Å². The number of nitrogens with one attached hydrogen (secondary N) is 1. The lowest BCUT2D eigenvalue weighted by molar-refractivity contribution is -0.125. The Morgan fingerprint density at radius 2 is 2.00 bits per heavy atom. The van der Waals surface area contributed by atoms with Crippen LogP contribution < -0.4 is 16.8 Å². The van der Waals surface area contributed by atoms with Gasteiger partial charge in [-0.05, 0) is 31.5 Å². The second-order valence-electron chi connectivity index (χ2n) is 4.84. The predicted molar refractivity (Wildman–Crippen MR) is 69.6 cm³/mol. The SMILES string of the molecule is CC(C)(CNC(=O)c1cccc(CN)c1)C(N)=O. The van der Waals surface area contributed by atoms with Gasteiger partial charge in [0.1, 0.15) is 0 Å². The van der Waals surface area contributed by atoms with Crippen molar-refractivity contribution >= 4 is 11.8 Å². The quantitative estimate of drug-likeness (QED) is 0.703. The summed E-state index contributed by atoms with van der Waals surface area (Å²) in [5, 5.41) is 2.69. The molecule has 0 aliphatic rings. The van der Waals surface area contributed by atoms with Crippen LogP contribution in [-0.4, -0.2) is 18.4 Å². The molecule has 0 spiro atoms. The van der Waals surface area contributed by atoms with E-state index >= 15 is 0 Å². The highest BCUT2D eigenvalue weighted by molar-refractivity contribution is 5.94. The van der Waals surface area contributed by atoms with Crippen LogP contribution in [0.2, 0.25) is 0 Å². The third kappa shape index (κ3) is 3.56. The van der Waals surface area contributed by atoms with E-state index in [-0.39, 0.29) is 12.5 Å². The fraction of sp³-hybridized carbons (Fsp3) is 0.385. The molecule has 1 aromatic carbocycles. The number of hydrogen-bond donors (Lipinski definition) is 3. The Morgan fingerprint density at radius 1 is 1.33 bits per heavy atom. The Hall–Kier alpha value is -1.88. The van der Waals surface area contributed by atoms with Crippen LogP contribution in [0.15, 0.2) is 24.3 Å². The van der Waals surface area contributed by atoms with Gasteiger partial charge in [-0.15, -0.1) is 0 Å². The van der Waals surface area contributed by atoms with E-state index in [1.54, 1.807) is 32.0 Å². The minimum atomic E-state index is -0.763. The summed E-state index contributed by atoms with van der Waals surface area (Å²) in [5.41, 5.74) is 11.4. The van der Waals surface area contributed by atoms with Crippen molar-refractivity contribution in [1.29, 1.82) is 0 Å². The van der Waals surface area contributed by atoms with E-state index in [1.165, 1.54) is 0 Å². The summed E-state index contributed by atoms with van der Waals surface area (Å²) in [4.78, 5) is 23.0. The lowest BCUT2D eigenvalue weighted by Gasteiger charge is -2.20. The minimum absolute atomic E-state index is 0.202. The summed E-state index contributed by atoms with van der Waals surface area (Å²) in [6.07, 6.45) is 0. The van der Waals surface area contributed by atoms with Crippen molar-refractivity contribution in [2.24, 2.45) is 16.9 Å². The van der Waals surface area contributed by atoms with Gasteiger partial charge in [-0.3, -0.25) is 9.59 Å². The number of nitrogens with two attached hydrogens (primary N) is 2. The first kappa shape index (κ1) is 14.2. The molecule has 0 atom stereocenters. The van der Waals surface area contributed by atoms with Crippen molar-refractivity contribution in [2.75, 3.05) is 6.54 Å². The Balaban J connectivity index is 2.68. The van der Waals surface area contributed by atoms with Crippen LogP contribution >= 0.6 is 0 Å². The lowest BCUT2D eigenvalue weighted by atomic mass is 9.92. The third-order valence-electron chi connectivity index (χ3n) is 2.78. The highest BCUT2D eigenvalue weighted by Gasteiger charge is 2.25. The van der Waals surface area contributed by atoms with Gasteiger partial charge in [0.05, 0.1) is 5.41 Å². The molecule has 5 heteroatoms. The predicted octanol–water partition coefficient (Wildman–Crippen LogP) is 0.387. The van der Waals surface area contributed by atoms with E-state index in [0.717, 1.165) is 5.56 Å². The van der Waals surface area contributed by atoms with E-state index in [0.29, 0.717) is 12.1 Å². The second kappa shape index (κ2) is 5.64. The van der Waals surface area contributed by atoms with Crippen LogP contribution in [0.1, 0.15) is 29.8 Å². The molecule has 0 aliphatic carbocycles. The van der Waals surface area contributed by atoms with Gasteiger partial charge in [0.25, 0.3) is 5.91 Å². The third-order valence-corrected chi connectivity index (χ3v) is 2.78. The van der Waals surface area contributed by atoms with Crippen LogP contribution in [0.5, 0.6) is 0 Å². The summed E-state index contributed by atoms with van der Waals surface area (Å²) >= 11 is 0. The van der Waals surface area contributed by atoms with Gasteiger partial charge in [0.2, 0.25) is 5.91 Å². The molecule has 0 bridgehead atoms. The van der Waals surface area contributed by atoms with E-state index in [2.05, 4.69) is 5.32 Å². The smallest absolute Gasteiger partial charge is 0.251 e. The topological polar surface area (TPSA) is 98.2 Å². The lowest BCUT2D eigenvalue weighted by Crippen LogP contribution is -2.42. The molecule has 5 nitrogen and oxygen atoms in total. The molecule has 0 saturated carbocycles. The number of benzene rings is 1. The van der Waals surface area contributed by atoms with Crippen molar-refractivity contribution in [3.63, 3.8) is 0 Å². The first-order valence-corrected chi connectivity index (χ1v) is 5.74. The molecule has 0 fully saturated rings. The minimum Gasteiger partial charge on any atom is -0.369 e. The average Bonchev–Trinajstić information content (AvgIpc) is 2.36. The molecule has 5 N–H and O–H groups in total. The summed E-state index contributed by atoms with van der Waals surface area (Å²) in [7, 11) is 0. The molecule has 18 heavy (non-hydrogen) atoms. The largest absolute Gasteiger partial charge is 0.369 e. The second-order valence-corrected chi connectivity index (χ2v) is 4.84. The fourth-order valence-corrected chi connectivity index (χ4v) is 1.33. The van der Waals surface area contributed by atoms with Gasteiger partial charge in [0, 0.05) is 18.7 Å². The zero-order valence-corrected chi connectivity index (χ0v) is 10.7. The molecule has 0 aliphatic heterocycles. The number of amides is 2. The standard InChI is InChI=1S/C13H19N3O2/c1-13(2,12(15)18)8-16-11(17)10-5-3-4-9(6-10)7-14/h3-6H,7-8,14H2,1-2H3,(H2,15,18)(H,16,17). The molecular weight excluding hydrogens is 230 g/mol. The molecule has 0 saturated heterocycles. The number of carbonyl (C=O) groups is 2. The van der Waals surface area contributed by atoms with Gasteiger partial charge in [-0.2, -0.15) is 0 Å². The van der Waals surface area contributed by atoms with Crippen LogP contribution in [-0.2, 0) is 11.3 Å². The molecule has 98 valence electrons. The number of carbonyl (C=O) groups excluding carboxylic acids is 2. The Labute approximate surface area is 107 Å². The van der Waals surface area contributed by atoms with E-state index in [9.17, 15) is 9.59 Å². The fourth-order valence-electron chi connectivity index (χ4n) is 1.33. The van der Waals surface area contributed by atoms with Gasteiger partial charge in [-0.25, -0.2) is 0 Å². The van der Waals surface area contributed by atoms with Crippen LogP contribution in [0.25, 0.3) is 0 Å². The Bertz CT molecular complexity index is 455. The summed E-state index contributed by atoms with van der Waals surface area (Å²) in [5.74, 6) is -0.682. The molecule has 0 unspecified atom stereocenters. The van der Waals surface area contributed by atoms with Crippen molar-refractivity contribution in [1.82, 2.24) is 5.32 Å². The number of rotatable bonds is 5. The average molecular weight is 249 g/mol. The summed E-state index contributed by atoms with van der Waals surface area (Å²) in [6, 6.07) is 7.05. The highest BCUT2D eigenvalue weighted by atomic mass is 16.2. The van der Waals surface area contributed by atoms with Crippen molar-refractivity contribution in [3.8, 4) is 0 Å². The van der Waals surface area contributed by atoms with Gasteiger partial charge in [0.15, 0.2) is 0 Å². The first-order valence-electron chi connectivity index (χ1n) is 5.74. The summed E-state index contributed by atoms with van der Waals surface area (Å²) in [6.45, 7) is 3.96. The van der Waals surface area contributed by atoms with Gasteiger partial charge < -0.3 is 16.8 Å². The van der Waals surface area contributed by atoms with Gasteiger partial charge in [-0.1, -0.05) is 12.1 Å². The molecule has 1 aromatic rings. The summed E-state index contributed by atoms with van der Waals surface area (Å²) < 4.78 is 0. The number of primary amides is 1. The van der Waals surface area contributed by atoms with Gasteiger partial charge >= 0.3 is 0 Å². The van der Waals surface area contributed by atoms with E-state index in [1.807, 2.05) is 6.07 Å². The molecule has 0 aromatic heterocycles. The zero-order valence-electron chi connectivity index (χ0n) is 10.7. The molecule has 0 heterocycles. The molecular formula is C13H19N3O2. The highest BCUT2D eigenvalue weighted by Crippen LogP contribution is 2.12. The van der Waals surface area contributed by atoms with Crippen LogP contribution in [0.3, 0.4) is 0 Å². The maximum Gasteiger partial charge on any atom is 0.251 e. The Morgan fingerprint density at radius 3 is 2.56 bits per heavy atom. The van der Waals surface area contributed by atoms with Crippen molar-refractivity contribution in [3.05, 3.63) is 35.4 Å². The Kier molecular flexibility index (Phi) is 4.44. The number of hydrogen-bond acceptors (Lipinski definition) is 3. The monoisotopic (exact) mass is 249 g/mol. The van der Waals surface area contributed by atoms with Crippen molar-refractivity contribution in [2.45, 2.75) is 20.4 Å². The van der Waals surface area contributed by atoms with E-state index in [4.69, 9.17) is 11.5 Å². The van der Waals surface area contributed by atoms with Crippen LogP contribution in [0, 0.1) is 5.41 Å². The van der Waals surface area contributed by atoms with Crippen LogP contribution in [0.4, 0.5) is 0 Å². The molecule has 2 amide bonds. The molecule has 1 rings (SSSR count).